The highest BCUT2D eigenvalue weighted by Crippen LogP contribution is 2.25. The summed E-state index contributed by atoms with van der Waals surface area (Å²) >= 11 is 1.44. The molecule has 0 spiro atoms. The fraction of sp³-hybridized carbons (Fsp3) is 0.235. The topological polar surface area (TPSA) is 89.3 Å². The van der Waals surface area contributed by atoms with Crippen molar-refractivity contribution in [2.24, 2.45) is 5.14 Å². The van der Waals surface area contributed by atoms with Crippen LogP contribution in [0.2, 0.25) is 0 Å². The van der Waals surface area contributed by atoms with Gasteiger partial charge in [0, 0.05) is 10.6 Å². The fourth-order valence-electron chi connectivity index (χ4n) is 2.17. The fourth-order valence-corrected chi connectivity index (χ4v) is 3.62. The number of aryl methyl sites for hydroxylation is 2. The van der Waals surface area contributed by atoms with E-state index in [4.69, 9.17) is 5.14 Å². The normalized spacial score (nSPS) is 11.3. The summed E-state index contributed by atoms with van der Waals surface area (Å²) in [7, 11) is -3.82. The van der Waals surface area contributed by atoms with Gasteiger partial charge in [-0.1, -0.05) is 18.2 Å². The molecule has 0 aliphatic heterocycles. The van der Waals surface area contributed by atoms with Crippen molar-refractivity contribution in [1.29, 1.82) is 0 Å². The van der Waals surface area contributed by atoms with Crippen molar-refractivity contribution in [3.63, 3.8) is 0 Å². The number of carbonyl (C=O) groups is 1. The Kier molecular flexibility index (Phi) is 5.69. The molecule has 7 heteroatoms. The Morgan fingerprint density at radius 2 is 1.79 bits per heavy atom. The van der Waals surface area contributed by atoms with Crippen molar-refractivity contribution in [2.75, 3.05) is 11.1 Å². The highest BCUT2D eigenvalue weighted by molar-refractivity contribution is 8.00. The Morgan fingerprint density at radius 1 is 1.12 bits per heavy atom. The van der Waals surface area contributed by atoms with Crippen LogP contribution in [0.25, 0.3) is 0 Å². The Morgan fingerprint density at radius 3 is 2.42 bits per heavy atom. The van der Waals surface area contributed by atoms with Gasteiger partial charge < -0.3 is 5.32 Å². The first-order chi connectivity index (χ1) is 11.2. The van der Waals surface area contributed by atoms with Crippen LogP contribution in [0.5, 0.6) is 0 Å². The lowest BCUT2D eigenvalue weighted by molar-refractivity contribution is -0.113. The Labute approximate surface area is 146 Å². The number of nitrogens with two attached hydrogens (primary N) is 1. The number of carbonyl (C=O) groups excluding carboxylic acids is 1. The van der Waals surface area contributed by atoms with Crippen LogP contribution < -0.4 is 10.5 Å². The van der Waals surface area contributed by atoms with Gasteiger partial charge in [-0.15, -0.1) is 11.8 Å². The van der Waals surface area contributed by atoms with Gasteiger partial charge in [0.15, 0.2) is 0 Å². The molecule has 24 heavy (non-hydrogen) atoms. The van der Waals surface area contributed by atoms with E-state index < -0.39 is 10.0 Å². The lowest BCUT2D eigenvalue weighted by atomic mass is 10.1. The van der Waals surface area contributed by atoms with E-state index in [-0.39, 0.29) is 16.6 Å². The first-order valence-electron chi connectivity index (χ1n) is 7.31. The summed E-state index contributed by atoms with van der Waals surface area (Å²) in [5, 5.41) is 7.96. The second-order valence-electron chi connectivity index (χ2n) is 5.56. The molecule has 0 saturated heterocycles. The molecule has 0 unspecified atom stereocenters. The third kappa shape index (κ3) is 4.59. The number of rotatable bonds is 5. The minimum absolute atomic E-state index is 0.00698. The lowest BCUT2D eigenvalue weighted by Crippen LogP contribution is -2.17. The number of hydrogen-bond donors (Lipinski definition) is 2. The maximum atomic E-state index is 12.2. The summed E-state index contributed by atoms with van der Waals surface area (Å²) < 4.78 is 23.1. The number of anilines is 1. The van der Waals surface area contributed by atoms with E-state index in [9.17, 15) is 13.2 Å². The Balaban J connectivity index is 2.14. The van der Waals surface area contributed by atoms with E-state index in [1.165, 1.54) is 23.9 Å². The summed E-state index contributed by atoms with van der Waals surface area (Å²) in [6.07, 6.45) is 0. The molecule has 3 N–H and O–H groups in total. The van der Waals surface area contributed by atoms with Crippen molar-refractivity contribution in [2.45, 2.75) is 30.6 Å². The summed E-state index contributed by atoms with van der Waals surface area (Å²) in [5.41, 5.74) is 3.15. The molecule has 0 atom stereocenters. The third-order valence-electron chi connectivity index (χ3n) is 3.70. The monoisotopic (exact) mass is 364 g/mol. The number of amides is 1. The van der Waals surface area contributed by atoms with Gasteiger partial charge in [0.05, 0.1) is 10.6 Å². The summed E-state index contributed by atoms with van der Waals surface area (Å²) in [5.74, 6) is 0.0421. The van der Waals surface area contributed by atoms with Crippen LogP contribution in [-0.2, 0) is 14.8 Å². The number of thioether (sulfide) groups is 1. The first kappa shape index (κ1) is 18.5. The largest absolute Gasteiger partial charge is 0.325 e. The van der Waals surface area contributed by atoms with Crippen LogP contribution in [-0.4, -0.2) is 20.1 Å². The van der Waals surface area contributed by atoms with Crippen LogP contribution in [0.4, 0.5) is 5.69 Å². The van der Waals surface area contributed by atoms with Gasteiger partial charge in [0.1, 0.15) is 0 Å². The maximum absolute atomic E-state index is 12.2. The van der Waals surface area contributed by atoms with Crippen LogP contribution in [0.1, 0.15) is 16.7 Å². The molecule has 2 rings (SSSR count). The molecule has 0 saturated carbocycles. The molecular formula is C17H20N2O3S2. The van der Waals surface area contributed by atoms with Crippen LogP contribution >= 0.6 is 11.8 Å². The van der Waals surface area contributed by atoms with Gasteiger partial charge in [-0.3, -0.25) is 4.79 Å². The Hall–Kier alpha value is -1.83. The van der Waals surface area contributed by atoms with Crippen LogP contribution in [0.3, 0.4) is 0 Å². The van der Waals surface area contributed by atoms with Crippen molar-refractivity contribution >= 4 is 33.4 Å². The highest BCUT2D eigenvalue weighted by atomic mass is 32.2. The van der Waals surface area contributed by atoms with E-state index in [0.717, 1.165) is 21.6 Å². The minimum Gasteiger partial charge on any atom is -0.325 e. The van der Waals surface area contributed by atoms with Crippen molar-refractivity contribution < 1.29 is 13.2 Å². The van der Waals surface area contributed by atoms with Gasteiger partial charge in [0.2, 0.25) is 15.9 Å². The molecule has 2 aromatic rings. The van der Waals surface area contributed by atoms with Crippen LogP contribution in [0.15, 0.2) is 46.2 Å². The summed E-state index contributed by atoms with van der Waals surface area (Å²) in [6, 6.07) is 10.7. The zero-order valence-electron chi connectivity index (χ0n) is 13.8. The van der Waals surface area contributed by atoms with Crippen LogP contribution in [0, 0.1) is 20.8 Å². The maximum Gasteiger partial charge on any atom is 0.238 e. The summed E-state index contributed by atoms with van der Waals surface area (Å²) in [4.78, 5) is 13.2. The van der Waals surface area contributed by atoms with E-state index in [2.05, 4.69) is 5.32 Å². The zero-order chi connectivity index (χ0) is 17.9. The highest BCUT2D eigenvalue weighted by Gasteiger charge is 2.14. The second-order valence-corrected chi connectivity index (χ2v) is 8.14. The molecule has 0 bridgehead atoms. The average Bonchev–Trinajstić information content (AvgIpc) is 2.50. The average molecular weight is 364 g/mol. The molecule has 128 valence electrons. The molecule has 0 heterocycles. The van der Waals surface area contributed by atoms with E-state index in [1.807, 2.05) is 38.1 Å². The SMILES string of the molecule is Cc1ccccc1SCC(=O)Nc1cc(S(N)(=O)=O)cc(C)c1C. The molecule has 2 aromatic carbocycles. The van der Waals surface area contributed by atoms with E-state index in [1.54, 1.807) is 6.92 Å². The third-order valence-corrected chi connectivity index (χ3v) is 5.76. The van der Waals surface area contributed by atoms with Crippen molar-refractivity contribution in [1.82, 2.24) is 0 Å². The molecule has 0 radical (unpaired) electrons. The van der Waals surface area contributed by atoms with Gasteiger partial charge in [-0.25, -0.2) is 13.6 Å². The predicted molar refractivity (Wildman–Crippen MR) is 97.8 cm³/mol. The molecule has 0 aromatic heterocycles. The van der Waals surface area contributed by atoms with E-state index in [0.29, 0.717) is 5.69 Å². The summed E-state index contributed by atoms with van der Waals surface area (Å²) in [6.45, 7) is 5.59. The second kappa shape index (κ2) is 7.38. The number of hydrogen-bond acceptors (Lipinski definition) is 4. The molecule has 0 aliphatic rings. The predicted octanol–water partition coefficient (Wildman–Crippen LogP) is 2.99. The van der Waals surface area contributed by atoms with Gasteiger partial charge >= 0.3 is 0 Å². The quantitative estimate of drug-likeness (QED) is 0.798. The Bertz CT molecular complexity index is 877. The van der Waals surface area contributed by atoms with Crippen molar-refractivity contribution in [3.05, 3.63) is 53.1 Å². The number of primary sulfonamides is 1. The number of sulfonamides is 1. The van der Waals surface area contributed by atoms with Gasteiger partial charge in [0.25, 0.3) is 0 Å². The zero-order valence-corrected chi connectivity index (χ0v) is 15.4. The molecule has 5 nitrogen and oxygen atoms in total. The number of benzene rings is 2. The smallest absolute Gasteiger partial charge is 0.238 e. The first-order valence-corrected chi connectivity index (χ1v) is 9.84. The molecule has 0 fully saturated rings. The molecule has 0 aliphatic carbocycles. The lowest BCUT2D eigenvalue weighted by Gasteiger charge is -2.13. The minimum atomic E-state index is -3.82. The molecule has 1 amide bonds. The van der Waals surface area contributed by atoms with Crippen molar-refractivity contribution in [3.8, 4) is 0 Å². The van der Waals surface area contributed by atoms with Gasteiger partial charge in [-0.2, -0.15) is 0 Å². The van der Waals surface area contributed by atoms with Gasteiger partial charge in [-0.05, 0) is 55.7 Å². The molecular weight excluding hydrogens is 344 g/mol. The standard InChI is InChI=1S/C17H20N2O3S2/c1-11-6-4-5-7-16(11)23-10-17(20)19-15-9-14(24(18,21)22)8-12(2)13(15)3/h4-9H,10H2,1-3H3,(H,19,20)(H2,18,21,22). The van der Waals surface area contributed by atoms with E-state index >= 15 is 0 Å². The number of nitrogens with one attached hydrogen (secondary N) is 1.